The molecule has 0 radical (unpaired) electrons. The summed E-state index contributed by atoms with van der Waals surface area (Å²) in [5, 5.41) is 4.44. The number of benzene rings is 2. The minimum Gasteiger partial charge on any atom is -0.265 e. The Morgan fingerprint density at radius 2 is 1.50 bits per heavy atom. The highest BCUT2D eigenvalue weighted by Crippen LogP contribution is 2.18. The van der Waals surface area contributed by atoms with Gasteiger partial charge in [-0.2, -0.15) is 5.10 Å². The summed E-state index contributed by atoms with van der Waals surface area (Å²) in [6.45, 7) is 0.951. The summed E-state index contributed by atoms with van der Waals surface area (Å²) in [4.78, 5) is 0. The van der Waals surface area contributed by atoms with Crippen molar-refractivity contribution in [3.63, 3.8) is 0 Å². The fourth-order valence-electron chi connectivity index (χ4n) is 2.44. The maximum Gasteiger partial charge on any atom is 0.0682 e. The van der Waals surface area contributed by atoms with Gasteiger partial charge in [-0.1, -0.05) is 60.7 Å². The van der Waals surface area contributed by atoms with Crippen LogP contribution in [0.4, 0.5) is 0 Å². The van der Waals surface area contributed by atoms with Crippen LogP contribution in [0.3, 0.4) is 0 Å². The lowest BCUT2D eigenvalue weighted by Crippen LogP contribution is -2.03. The van der Waals surface area contributed by atoms with Gasteiger partial charge >= 0.3 is 0 Å². The highest BCUT2D eigenvalue weighted by atomic mass is 15.3. The zero-order chi connectivity index (χ0) is 13.6. The molecular weight excluding hydrogens is 244 g/mol. The van der Waals surface area contributed by atoms with E-state index < -0.39 is 0 Å². The second kappa shape index (κ2) is 6.20. The molecule has 100 valence electrons. The molecule has 0 aliphatic heterocycles. The van der Waals surface area contributed by atoms with Crippen molar-refractivity contribution >= 4 is 0 Å². The van der Waals surface area contributed by atoms with Gasteiger partial charge in [0.1, 0.15) is 0 Å². The monoisotopic (exact) mass is 262 g/mol. The van der Waals surface area contributed by atoms with Crippen molar-refractivity contribution in [2.45, 2.75) is 19.4 Å². The Balaban J connectivity index is 1.66. The van der Waals surface area contributed by atoms with Crippen molar-refractivity contribution in [1.29, 1.82) is 0 Å². The molecular formula is C18H18N2. The van der Waals surface area contributed by atoms with E-state index in [1.165, 1.54) is 16.8 Å². The Kier molecular flexibility index (Phi) is 3.93. The molecule has 0 aliphatic rings. The summed E-state index contributed by atoms with van der Waals surface area (Å²) in [5.41, 5.74) is 3.81. The van der Waals surface area contributed by atoms with Gasteiger partial charge in [-0.05, 0) is 30.0 Å². The lowest BCUT2D eigenvalue weighted by molar-refractivity contribution is 0.584. The van der Waals surface area contributed by atoms with Crippen LogP contribution in [0.25, 0.3) is 11.3 Å². The third-order valence-corrected chi connectivity index (χ3v) is 3.46. The normalized spacial score (nSPS) is 10.6. The standard InChI is InChI=1S/C18H18N2/c1-3-8-16(9-4-1)10-7-15-20-18(13-14-19-20)17-11-5-2-6-12-17/h1-6,8-9,11-14H,7,10,15H2. The fraction of sp³-hybridized carbons (Fsp3) is 0.167. The Morgan fingerprint density at radius 3 is 2.25 bits per heavy atom. The minimum atomic E-state index is 0.951. The first kappa shape index (κ1) is 12.7. The van der Waals surface area contributed by atoms with Crippen LogP contribution in [0, 0.1) is 0 Å². The number of aromatic nitrogens is 2. The molecule has 0 amide bonds. The molecule has 0 atom stereocenters. The summed E-state index contributed by atoms with van der Waals surface area (Å²) in [6.07, 6.45) is 4.07. The lowest BCUT2D eigenvalue weighted by atomic mass is 10.1. The second-order valence-corrected chi connectivity index (χ2v) is 4.89. The zero-order valence-corrected chi connectivity index (χ0v) is 11.4. The SMILES string of the molecule is c1ccc(CCCn2nccc2-c2ccccc2)cc1. The first-order valence-electron chi connectivity index (χ1n) is 7.04. The average Bonchev–Trinajstić information content (AvgIpc) is 2.98. The molecule has 0 fully saturated rings. The van der Waals surface area contributed by atoms with Gasteiger partial charge in [0.2, 0.25) is 0 Å². The van der Waals surface area contributed by atoms with E-state index in [0.29, 0.717) is 0 Å². The van der Waals surface area contributed by atoms with Crippen LogP contribution in [0.2, 0.25) is 0 Å². The van der Waals surface area contributed by atoms with E-state index in [1.54, 1.807) is 0 Å². The van der Waals surface area contributed by atoms with Gasteiger partial charge in [0.25, 0.3) is 0 Å². The molecule has 2 nitrogen and oxygen atoms in total. The average molecular weight is 262 g/mol. The Labute approximate surface area is 119 Å². The molecule has 3 rings (SSSR count). The van der Waals surface area contributed by atoms with Crippen LogP contribution in [-0.2, 0) is 13.0 Å². The van der Waals surface area contributed by atoms with Crippen molar-refractivity contribution in [2.24, 2.45) is 0 Å². The first-order chi connectivity index (χ1) is 9.93. The summed E-state index contributed by atoms with van der Waals surface area (Å²) in [7, 11) is 0. The maximum absolute atomic E-state index is 4.44. The van der Waals surface area contributed by atoms with Gasteiger partial charge in [0.15, 0.2) is 0 Å². The van der Waals surface area contributed by atoms with E-state index in [0.717, 1.165) is 19.4 Å². The third-order valence-electron chi connectivity index (χ3n) is 3.46. The van der Waals surface area contributed by atoms with Crippen LogP contribution < -0.4 is 0 Å². The smallest absolute Gasteiger partial charge is 0.0682 e. The summed E-state index contributed by atoms with van der Waals surface area (Å²) in [6, 6.07) is 23.1. The Morgan fingerprint density at radius 1 is 0.800 bits per heavy atom. The highest BCUT2D eigenvalue weighted by Gasteiger charge is 2.04. The molecule has 0 unspecified atom stereocenters. The number of rotatable bonds is 5. The van der Waals surface area contributed by atoms with Crippen molar-refractivity contribution in [1.82, 2.24) is 9.78 Å². The first-order valence-corrected chi connectivity index (χ1v) is 7.04. The molecule has 3 aromatic rings. The van der Waals surface area contributed by atoms with Gasteiger partial charge in [-0.25, -0.2) is 0 Å². The quantitative estimate of drug-likeness (QED) is 0.674. The molecule has 2 heteroatoms. The van der Waals surface area contributed by atoms with Crippen LogP contribution in [-0.4, -0.2) is 9.78 Å². The third kappa shape index (κ3) is 2.97. The number of hydrogen-bond donors (Lipinski definition) is 0. The van der Waals surface area contributed by atoms with Gasteiger partial charge in [0, 0.05) is 12.7 Å². The van der Waals surface area contributed by atoms with Gasteiger partial charge in [-0.15, -0.1) is 0 Å². The second-order valence-electron chi connectivity index (χ2n) is 4.89. The van der Waals surface area contributed by atoms with Crippen LogP contribution >= 0.6 is 0 Å². The molecule has 0 saturated carbocycles. The van der Waals surface area contributed by atoms with Crippen molar-refractivity contribution in [3.05, 3.63) is 78.5 Å². The molecule has 1 heterocycles. The molecule has 1 aromatic heterocycles. The number of aryl methyl sites for hydroxylation is 2. The molecule has 0 N–H and O–H groups in total. The minimum absolute atomic E-state index is 0.951. The van der Waals surface area contributed by atoms with E-state index in [-0.39, 0.29) is 0 Å². The van der Waals surface area contributed by atoms with Gasteiger partial charge in [-0.3, -0.25) is 4.68 Å². The molecule has 0 aliphatic carbocycles. The fourth-order valence-corrected chi connectivity index (χ4v) is 2.44. The molecule has 0 saturated heterocycles. The van der Waals surface area contributed by atoms with Crippen molar-refractivity contribution in [3.8, 4) is 11.3 Å². The van der Waals surface area contributed by atoms with Crippen molar-refractivity contribution in [2.75, 3.05) is 0 Å². The van der Waals surface area contributed by atoms with Crippen molar-refractivity contribution < 1.29 is 0 Å². The van der Waals surface area contributed by atoms with Gasteiger partial charge in [0.05, 0.1) is 5.69 Å². The predicted molar refractivity (Wildman–Crippen MR) is 82.4 cm³/mol. The Hall–Kier alpha value is -2.35. The van der Waals surface area contributed by atoms with Gasteiger partial charge < -0.3 is 0 Å². The summed E-state index contributed by atoms with van der Waals surface area (Å²) in [5.74, 6) is 0. The molecule has 2 aromatic carbocycles. The predicted octanol–water partition coefficient (Wildman–Crippen LogP) is 4.18. The number of nitrogens with zero attached hydrogens (tertiary/aromatic N) is 2. The molecule has 0 bridgehead atoms. The maximum atomic E-state index is 4.44. The van der Waals surface area contributed by atoms with E-state index in [2.05, 4.69) is 70.4 Å². The van der Waals surface area contributed by atoms with Crippen LogP contribution in [0.1, 0.15) is 12.0 Å². The summed E-state index contributed by atoms with van der Waals surface area (Å²) >= 11 is 0. The zero-order valence-electron chi connectivity index (χ0n) is 11.4. The molecule has 0 spiro atoms. The number of hydrogen-bond acceptors (Lipinski definition) is 1. The topological polar surface area (TPSA) is 17.8 Å². The van der Waals surface area contributed by atoms with E-state index >= 15 is 0 Å². The molecule has 20 heavy (non-hydrogen) atoms. The van der Waals surface area contributed by atoms with Crippen LogP contribution in [0.5, 0.6) is 0 Å². The Bertz CT molecular complexity index is 641. The largest absolute Gasteiger partial charge is 0.265 e. The van der Waals surface area contributed by atoms with E-state index in [4.69, 9.17) is 0 Å². The van der Waals surface area contributed by atoms with E-state index in [1.807, 2.05) is 12.3 Å². The van der Waals surface area contributed by atoms with E-state index in [9.17, 15) is 0 Å². The highest BCUT2D eigenvalue weighted by molar-refractivity contribution is 5.58. The summed E-state index contributed by atoms with van der Waals surface area (Å²) < 4.78 is 2.10. The lowest BCUT2D eigenvalue weighted by Gasteiger charge is -2.07. The van der Waals surface area contributed by atoms with Crippen LogP contribution in [0.15, 0.2) is 72.9 Å².